The van der Waals surface area contributed by atoms with Crippen LogP contribution in [0.25, 0.3) is 0 Å². The maximum Gasteiger partial charge on any atom is 0.331 e. The van der Waals surface area contributed by atoms with E-state index in [1.54, 1.807) is 18.2 Å². The molecule has 1 N–H and O–H groups in total. The number of benzene rings is 1. The Morgan fingerprint density at radius 2 is 2.00 bits per heavy atom. The Kier molecular flexibility index (Phi) is 4.46. The van der Waals surface area contributed by atoms with Crippen molar-refractivity contribution in [2.24, 2.45) is 0 Å². The van der Waals surface area contributed by atoms with Crippen molar-refractivity contribution < 1.29 is 9.53 Å². The van der Waals surface area contributed by atoms with Crippen molar-refractivity contribution in [3.8, 4) is 0 Å². The number of nitrogens with one attached hydrogen (secondary N) is 1. The zero-order chi connectivity index (χ0) is 11.3. The summed E-state index contributed by atoms with van der Waals surface area (Å²) in [6.45, 7) is 0. The van der Waals surface area contributed by atoms with E-state index in [1.165, 1.54) is 19.4 Å². The fourth-order valence-corrected chi connectivity index (χ4v) is 1.40. The number of carbonyl (C=O) groups excluding carboxylic acids is 1. The average molecular weight is 246 g/mol. The van der Waals surface area contributed by atoms with Crippen molar-refractivity contribution >= 4 is 34.9 Å². The molecule has 0 fully saturated rings. The van der Waals surface area contributed by atoms with Crippen LogP contribution in [0.1, 0.15) is 0 Å². The summed E-state index contributed by atoms with van der Waals surface area (Å²) in [6.07, 6.45) is 2.65. The largest absolute Gasteiger partial charge is 0.466 e. The summed E-state index contributed by atoms with van der Waals surface area (Å²) in [5, 5.41) is 3.77. The number of para-hydroxylation sites is 1. The van der Waals surface area contributed by atoms with E-state index in [-0.39, 0.29) is 0 Å². The van der Waals surface area contributed by atoms with Gasteiger partial charge in [0.1, 0.15) is 0 Å². The molecule has 0 aliphatic heterocycles. The van der Waals surface area contributed by atoms with E-state index < -0.39 is 5.97 Å². The summed E-state index contributed by atoms with van der Waals surface area (Å²) >= 11 is 11.8. The van der Waals surface area contributed by atoms with Crippen LogP contribution in [-0.2, 0) is 9.53 Å². The van der Waals surface area contributed by atoms with Crippen molar-refractivity contribution in [2.75, 3.05) is 12.4 Å². The number of hydrogen-bond acceptors (Lipinski definition) is 3. The Labute approximate surface area is 97.6 Å². The Morgan fingerprint density at radius 1 is 1.40 bits per heavy atom. The average Bonchev–Trinajstić information content (AvgIpc) is 2.22. The molecule has 0 aliphatic rings. The summed E-state index contributed by atoms with van der Waals surface area (Å²) in [5.74, 6) is -0.453. The summed E-state index contributed by atoms with van der Waals surface area (Å²) in [7, 11) is 1.30. The molecular formula is C10H9Cl2NO2. The molecule has 1 rings (SSSR count). The SMILES string of the molecule is COC(=O)/C=C/Nc1c(Cl)cccc1Cl. The highest BCUT2D eigenvalue weighted by Crippen LogP contribution is 2.29. The second kappa shape index (κ2) is 5.63. The fraction of sp³-hybridized carbons (Fsp3) is 0.100. The third-order valence-corrected chi connectivity index (χ3v) is 2.24. The van der Waals surface area contributed by atoms with Crippen molar-refractivity contribution in [3.05, 3.63) is 40.5 Å². The van der Waals surface area contributed by atoms with Gasteiger partial charge < -0.3 is 10.1 Å². The number of halogens is 2. The third-order valence-electron chi connectivity index (χ3n) is 1.61. The molecule has 0 saturated carbocycles. The Balaban J connectivity index is 2.73. The maximum atomic E-state index is 10.8. The van der Waals surface area contributed by atoms with Gasteiger partial charge in [0.05, 0.1) is 22.8 Å². The Morgan fingerprint density at radius 3 is 2.53 bits per heavy atom. The number of ether oxygens (including phenoxy) is 1. The number of anilines is 1. The number of methoxy groups -OCH3 is 1. The number of carbonyl (C=O) groups is 1. The smallest absolute Gasteiger partial charge is 0.331 e. The second-order valence-corrected chi connectivity index (χ2v) is 3.41. The van der Waals surface area contributed by atoms with Crippen LogP contribution in [0.2, 0.25) is 10.0 Å². The topological polar surface area (TPSA) is 38.3 Å². The minimum atomic E-state index is -0.453. The highest BCUT2D eigenvalue weighted by atomic mass is 35.5. The van der Waals surface area contributed by atoms with Gasteiger partial charge in [-0.1, -0.05) is 29.3 Å². The van der Waals surface area contributed by atoms with Gasteiger partial charge in [-0.2, -0.15) is 0 Å². The molecule has 0 saturated heterocycles. The van der Waals surface area contributed by atoms with Crippen molar-refractivity contribution in [1.29, 1.82) is 0 Å². The summed E-state index contributed by atoms with van der Waals surface area (Å²) in [4.78, 5) is 10.8. The molecule has 0 atom stereocenters. The van der Waals surface area contributed by atoms with E-state index in [1.807, 2.05) is 0 Å². The van der Waals surface area contributed by atoms with Gasteiger partial charge in [-0.3, -0.25) is 0 Å². The van der Waals surface area contributed by atoms with Gasteiger partial charge >= 0.3 is 5.97 Å². The maximum absolute atomic E-state index is 10.8. The Bertz CT molecular complexity index is 371. The van der Waals surface area contributed by atoms with E-state index in [9.17, 15) is 4.79 Å². The molecule has 0 unspecified atom stereocenters. The van der Waals surface area contributed by atoms with Crippen molar-refractivity contribution in [2.45, 2.75) is 0 Å². The minimum Gasteiger partial charge on any atom is -0.466 e. The van der Waals surface area contributed by atoms with E-state index in [0.29, 0.717) is 15.7 Å². The highest BCUT2D eigenvalue weighted by Gasteiger charge is 2.02. The standard InChI is InChI=1S/C10H9Cl2NO2/c1-15-9(14)5-6-13-10-7(11)3-2-4-8(10)12/h2-6,13H,1H3/b6-5+. The number of rotatable bonds is 3. The van der Waals surface area contributed by atoms with Crippen molar-refractivity contribution in [3.63, 3.8) is 0 Å². The highest BCUT2D eigenvalue weighted by molar-refractivity contribution is 6.39. The van der Waals surface area contributed by atoms with Gasteiger partial charge in [0.15, 0.2) is 0 Å². The minimum absolute atomic E-state index is 0.453. The molecule has 0 spiro atoms. The molecule has 0 heterocycles. The van der Waals surface area contributed by atoms with Crippen LogP contribution in [-0.4, -0.2) is 13.1 Å². The molecule has 15 heavy (non-hydrogen) atoms. The molecule has 1 aromatic carbocycles. The van der Waals surface area contributed by atoms with E-state index >= 15 is 0 Å². The molecule has 0 aromatic heterocycles. The first-order chi connectivity index (χ1) is 7.15. The van der Waals surface area contributed by atoms with Crippen LogP contribution in [0.3, 0.4) is 0 Å². The number of esters is 1. The molecule has 0 radical (unpaired) electrons. The van der Waals surface area contributed by atoms with Gasteiger partial charge in [-0.05, 0) is 12.1 Å². The first kappa shape index (κ1) is 11.9. The molecule has 1 aromatic rings. The van der Waals surface area contributed by atoms with E-state index in [2.05, 4.69) is 10.1 Å². The first-order valence-corrected chi connectivity index (χ1v) is 4.86. The van der Waals surface area contributed by atoms with Crippen LogP contribution in [0.5, 0.6) is 0 Å². The van der Waals surface area contributed by atoms with Crippen LogP contribution < -0.4 is 5.32 Å². The van der Waals surface area contributed by atoms with Gasteiger partial charge in [0.2, 0.25) is 0 Å². The first-order valence-electron chi connectivity index (χ1n) is 4.10. The molecule has 3 nitrogen and oxygen atoms in total. The lowest BCUT2D eigenvalue weighted by Crippen LogP contribution is -1.97. The van der Waals surface area contributed by atoms with E-state index in [0.717, 1.165) is 0 Å². The lowest BCUT2D eigenvalue weighted by atomic mass is 10.3. The quantitative estimate of drug-likeness (QED) is 0.657. The third kappa shape index (κ3) is 3.46. The van der Waals surface area contributed by atoms with Crippen molar-refractivity contribution in [1.82, 2.24) is 0 Å². The van der Waals surface area contributed by atoms with Gasteiger partial charge in [-0.25, -0.2) is 4.79 Å². The van der Waals surface area contributed by atoms with Crippen LogP contribution >= 0.6 is 23.2 Å². The van der Waals surface area contributed by atoms with Crippen LogP contribution in [0.15, 0.2) is 30.5 Å². The predicted octanol–water partition coefficient (Wildman–Crippen LogP) is 3.09. The summed E-state index contributed by atoms with van der Waals surface area (Å²) in [6, 6.07) is 5.13. The molecule has 80 valence electrons. The molecule has 0 amide bonds. The zero-order valence-corrected chi connectivity index (χ0v) is 9.47. The predicted molar refractivity (Wildman–Crippen MR) is 61.2 cm³/mol. The van der Waals surface area contributed by atoms with Gasteiger partial charge in [0, 0.05) is 12.3 Å². The van der Waals surface area contributed by atoms with Crippen LogP contribution in [0, 0.1) is 0 Å². The van der Waals surface area contributed by atoms with Gasteiger partial charge in [-0.15, -0.1) is 0 Å². The fourth-order valence-electron chi connectivity index (χ4n) is 0.897. The lowest BCUT2D eigenvalue weighted by molar-refractivity contribution is -0.134. The summed E-state index contributed by atoms with van der Waals surface area (Å²) < 4.78 is 4.42. The molecular weight excluding hydrogens is 237 g/mol. The van der Waals surface area contributed by atoms with Crippen LogP contribution in [0.4, 0.5) is 5.69 Å². The number of hydrogen-bond donors (Lipinski definition) is 1. The summed E-state index contributed by atoms with van der Waals surface area (Å²) in [5.41, 5.74) is 0.556. The molecule has 5 heteroatoms. The zero-order valence-electron chi connectivity index (χ0n) is 7.96. The Hall–Kier alpha value is -1.19. The lowest BCUT2D eigenvalue weighted by Gasteiger charge is -2.05. The molecule has 0 bridgehead atoms. The normalized spacial score (nSPS) is 10.3. The van der Waals surface area contributed by atoms with E-state index in [4.69, 9.17) is 23.2 Å². The monoisotopic (exact) mass is 245 g/mol. The van der Waals surface area contributed by atoms with Gasteiger partial charge in [0.25, 0.3) is 0 Å². The molecule has 0 aliphatic carbocycles. The second-order valence-electron chi connectivity index (χ2n) is 2.60.